The second kappa shape index (κ2) is 3.66. The molecule has 2 aromatic rings. The number of aryl methyl sites for hydroxylation is 2. The van der Waals surface area contributed by atoms with E-state index in [2.05, 4.69) is 42.6 Å². The fraction of sp³-hybridized carbons (Fsp3) is 0.417. The Bertz CT molecular complexity index is 485. The van der Waals surface area contributed by atoms with Gasteiger partial charge in [-0.3, -0.25) is 0 Å². The summed E-state index contributed by atoms with van der Waals surface area (Å²) in [6.07, 6.45) is 0. The van der Waals surface area contributed by atoms with Crippen LogP contribution in [0.15, 0.2) is 18.2 Å². The van der Waals surface area contributed by atoms with Crippen molar-refractivity contribution < 1.29 is 0 Å². The summed E-state index contributed by atoms with van der Waals surface area (Å²) in [5, 5.41) is 0. The second-order valence-electron chi connectivity index (χ2n) is 4.11. The van der Waals surface area contributed by atoms with E-state index in [0.717, 1.165) is 11.3 Å². The van der Waals surface area contributed by atoms with Gasteiger partial charge in [-0.25, -0.2) is 4.98 Å². The summed E-state index contributed by atoms with van der Waals surface area (Å²) >= 11 is 0. The number of hydrogen-bond acceptors (Lipinski definition) is 2. The van der Waals surface area contributed by atoms with Crippen LogP contribution in [0.1, 0.15) is 24.2 Å². The third-order valence-corrected chi connectivity index (χ3v) is 2.92. The van der Waals surface area contributed by atoms with Crippen molar-refractivity contribution in [2.24, 2.45) is 12.8 Å². The van der Waals surface area contributed by atoms with E-state index >= 15 is 0 Å². The van der Waals surface area contributed by atoms with Gasteiger partial charge >= 0.3 is 0 Å². The Morgan fingerprint density at radius 1 is 1.47 bits per heavy atom. The van der Waals surface area contributed by atoms with E-state index < -0.39 is 0 Å². The first-order chi connectivity index (χ1) is 7.15. The molecule has 0 radical (unpaired) electrons. The van der Waals surface area contributed by atoms with Gasteiger partial charge in [-0.15, -0.1) is 0 Å². The average molecular weight is 203 g/mol. The highest BCUT2D eigenvalue weighted by Gasteiger charge is 2.13. The third-order valence-electron chi connectivity index (χ3n) is 2.92. The molecule has 1 atom stereocenters. The molecular formula is C12H17N3. The lowest BCUT2D eigenvalue weighted by Gasteiger charge is -2.08. The number of aromatic nitrogens is 2. The molecule has 80 valence electrons. The molecular weight excluding hydrogens is 186 g/mol. The summed E-state index contributed by atoms with van der Waals surface area (Å²) in [4.78, 5) is 4.63. The standard InChI is InChI=1S/C12H17N3/c1-8-5-4-6-10-11(8)15(3)12(14-10)9(2)7-13/h4-6,9H,7,13H2,1-3H3. The maximum atomic E-state index is 5.68. The summed E-state index contributed by atoms with van der Waals surface area (Å²) in [7, 11) is 2.06. The number of fused-ring (bicyclic) bond motifs is 1. The molecule has 0 spiro atoms. The molecule has 0 aliphatic heterocycles. The molecule has 1 aromatic carbocycles. The van der Waals surface area contributed by atoms with E-state index in [1.807, 2.05) is 6.07 Å². The Morgan fingerprint density at radius 2 is 2.20 bits per heavy atom. The molecule has 0 amide bonds. The molecule has 0 bridgehead atoms. The van der Waals surface area contributed by atoms with Crippen molar-refractivity contribution in [2.45, 2.75) is 19.8 Å². The zero-order chi connectivity index (χ0) is 11.0. The van der Waals surface area contributed by atoms with E-state index in [1.54, 1.807) is 0 Å². The summed E-state index contributed by atoms with van der Waals surface area (Å²) in [5.74, 6) is 1.38. The minimum absolute atomic E-state index is 0.307. The average Bonchev–Trinajstić information content (AvgIpc) is 2.56. The van der Waals surface area contributed by atoms with Crippen molar-refractivity contribution in [1.82, 2.24) is 9.55 Å². The van der Waals surface area contributed by atoms with Crippen LogP contribution < -0.4 is 5.73 Å². The van der Waals surface area contributed by atoms with Crippen LogP contribution in [-0.2, 0) is 7.05 Å². The molecule has 3 heteroatoms. The Balaban J connectivity index is 2.70. The van der Waals surface area contributed by atoms with Crippen LogP contribution >= 0.6 is 0 Å². The van der Waals surface area contributed by atoms with E-state index in [-0.39, 0.29) is 0 Å². The van der Waals surface area contributed by atoms with E-state index in [4.69, 9.17) is 5.73 Å². The first-order valence-corrected chi connectivity index (χ1v) is 5.27. The monoisotopic (exact) mass is 203 g/mol. The van der Waals surface area contributed by atoms with E-state index in [9.17, 15) is 0 Å². The van der Waals surface area contributed by atoms with Gasteiger partial charge in [-0.05, 0) is 18.6 Å². The fourth-order valence-electron chi connectivity index (χ4n) is 2.03. The van der Waals surface area contributed by atoms with Gasteiger partial charge < -0.3 is 10.3 Å². The minimum atomic E-state index is 0.307. The second-order valence-corrected chi connectivity index (χ2v) is 4.11. The smallest absolute Gasteiger partial charge is 0.113 e. The lowest BCUT2D eigenvalue weighted by atomic mass is 10.2. The van der Waals surface area contributed by atoms with Crippen LogP contribution in [0.25, 0.3) is 11.0 Å². The molecule has 3 nitrogen and oxygen atoms in total. The largest absolute Gasteiger partial charge is 0.331 e. The van der Waals surface area contributed by atoms with Crippen molar-refractivity contribution in [3.63, 3.8) is 0 Å². The minimum Gasteiger partial charge on any atom is -0.331 e. The highest BCUT2D eigenvalue weighted by atomic mass is 15.1. The number of nitrogens with two attached hydrogens (primary N) is 1. The highest BCUT2D eigenvalue weighted by Crippen LogP contribution is 2.22. The number of benzene rings is 1. The van der Waals surface area contributed by atoms with Gasteiger partial charge in [0.15, 0.2) is 0 Å². The summed E-state index contributed by atoms with van der Waals surface area (Å²) in [5.41, 5.74) is 9.22. The number of rotatable bonds is 2. The molecule has 1 unspecified atom stereocenters. The zero-order valence-corrected chi connectivity index (χ0v) is 9.49. The fourth-order valence-corrected chi connectivity index (χ4v) is 2.03. The molecule has 2 rings (SSSR count). The van der Waals surface area contributed by atoms with Crippen molar-refractivity contribution in [3.8, 4) is 0 Å². The number of para-hydroxylation sites is 1. The molecule has 15 heavy (non-hydrogen) atoms. The Labute approximate surface area is 89.9 Å². The van der Waals surface area contributed by atoms with Gasteiger partial charge in [-0.1, -0.05) is 19.1 Å². The molecule has 0 fully saturated rings. The van der Waals surface area contributed by atoms with Crippen molar-refractivity contribution >= 4 is 11.0 Å². The topological polar surface area (TPSA) is 43.8 Å². The maximum absolute atomic E-state index is 5.68. The van der Waals surface area contributed by atoms with Gasteiger partial charge in [-0.2, -0.15) is 0 Å². The van der Waals surface area contributed by atoms with Crippen LogP contribution in [0.3, 0.4) is 0 Å². The van der Waals surface area contributed by atoms with Crippen molar-refractivity contribution in [3.05, 3.63) is 29.6 Å². The predicted octanol–water partition coefficient (Wildman–Crippen LogP) is 1.94. The maximum Gasteiger partial charge on any atom is 0.113 e. The van der Waals surface area contributed by atoms with E-state index in [0.29, 0.717) is 12.5 Å². The van der Waals surface area contributed by atoms with Crippen LogP contribution in [0.5, 0.6) is 0 Å². The van der Waals surface area contributed by atoms with Crippen LogP contribution in [0.2, 0.25) is 0 Å². The van der Waals surface area contributed by atoms with Crippen molar-refractivity contribution in [2.75, 3.05) is 6.54 Å². The molecule has 0 saturated carbocycles. The zero-order valence-electron chi connectivity index (χ0n) is 9.49. The van der Waals surface area contributed by atoms with Gasteiger partial charge in [0.25, 0.3) is 0 Å². The third kappa shape index (κ3) is 1.53. The van der Waals surface area contributed by atoms with Crippen molar-refractivity contribution in [1.29, 1.82) is 0 Å². The molecule has 0 aliphatic carbocycles. The lowest BCUT2D eigenvalue weighted by molar-refractivity contribution is 0.676. The molecule has 2 N–H and O–H groups in total. The number of hydrogen-bond donors (Lipinski definition) is 1. The molecule has 1 heterocycles. The van der Waals surface area contributed by atoms with E-state index in [1.165, 1.54) is 11.1 Å². The summed E-state index contributed by atoms with van der Waals surface area (Å²) in [6, 6.07) is 6.21. The lowest BCUT2D eigenvalue weighted by Crippen LogP contribution is -2.13. The van der Waals surface area contributed by atoms with Crippen LogP contribution in [0.4, 0.5) is 0 Å². The number of imidazole rings is 1. The van der Waals surface area contributed by atoms with Gasteiger partial charge in [0.05, 0.1) is 11.0 Å². The Hall–Kier alpha value is -1.35. The van der Waals surface area contributed by atoms with Gasteiger partial charge in [0.2, 0.25) is 0 Å². The quantitative estimate of drug-likeness (QED) is 0.810. The number of nitrogens with zero attached hydrogens (tertiary/aromatic N) is 2. The highest BCUT2D eigenvalue weighted by molar-refractivity contribution is 5.79. The normalized spacial score (nSPS) is 13.3. The first kappa shape index (κ1) is 10.2. The first-order valence-electron chi connectivity index (χ1n) is 5.27. The Morgan fingerprint density at radius 3 is 2.80 bits per heavy atom. The SMILES string of the molecule is Cc1cccc2nc(C(C)CN)n(C)c12. The summed E-state index contributed by atoms with van der Waals surface area (Å²) in [6.45, 7) is 4.85. The summed E-state index contributed by atoms with van der Waals surface area (Å²) < 4.78 is 2.15. The van der Waals surface area contributed by atoms with Gasteiger partial charge in [0, 0.05) is 19.5 Å². The predicted molar refractivity (Wildman–Crippen MR) is 62.9 cm³/mol. The van der Waals surface area contributed by atoms with Crippen LogP contribution in [-0.4, -0.2) is 16.1 Å². The van der Waals surface area contributed by atoms with Crippen LogP contribution in [0, 0.1) is 6.92 Å². The molecule has 0 saturated heterocycles. The molecule has 1 aromatic heterocycles. The Kier molecular flexibility index (Phi) is 2.49. The van der Waals surface area contributed by atoms with Gasteiger partial charge in [0.1, 0.15) is 5.82 Å². The molecule has 0 aliphatic rings.